The molecule has 1 aliphatic heterocycles. The molecule has 0 aliphatic carbocycles. The Morgan fingerprint density at radius 3 is 2.58 bits per heavy atom. The zero-order valence-electron chi connectivity index (χ0n) is 20.1. The Kier molecular flexibility index (Phi) is 6.85. The molecule has 0 bridgehead atoms. The summed E-state index contributed by atoms with van der Waals surface area (Å²) in [7, 11) is 1.40. The van der Waals surface area contributed by atoms with E-state index in [-0.39, 0.29) is 12.0 Å². The maximum Gasteiger partial charge on any atom is 0.409 e. The first-order valence-electron chi connectivity index (χ1n) is 12.1. The van der Waals surface area contributed by atoms with E-state index in [2.05, 4.69) is 11.2 Å². The molecular weight excluding hydrogens is 454 g/mol. The van der Waals surface area contributed by atoms with Gasteiger partial charge in [-0.15, -0.1) is 0 Å². The highest BCUT2D eigenvalue weighted by Crippen LogP contribution is 2.37. The van der Waals surface area contributed by atoms with E-state index in [1.54, 1.807) is 4.90 Å². The van der Waals surface area contributed by atoms with Crippen molar-refractivity contribution < 1.29 is 18.8 Å². The number of carbonyl (C=O) groups is 1. The first-order valence-corrected chi connectivity index (χ1v) is 12.1. The van der Waals surface area contributed by atoms with Crippen LogP contribution in [0.15, 0.2) is 71.3 Å². The molecular formula is C29H27N3O4. The zero-order valence-corrected chi connectivity index (χ0v) is 20.1. The van der Waals surface area contributed by atoms with Gasteiger partial charge in [-0.1, -0.05) is 66.7 Å². The zero-order chi connectivity index (χ0) is 24.9. The Morgan fingerprint density at radius 1 is 1.08 bits per heavy atom. The number of ether oxygens (including phenoxy) is 2. The van der Waals surface area contributed by atoms with Crippen LogP contribution in [-0.4, -0.2) is 36.3 Å². The first-order chi connectivity index (χ1) is 17.7. The molecule has 0 saturated carbocycles. The summed E-state index contributed by atoms with van der Waals surface area (Å²) in [6.07, 6.45) is 1.62. The number of nitriles is 1. The Morgan fingerprint density at radius 2 is 1.83 bits per heavy atom. The second-order valence-electron chi connectivity index (χ2n) is 8.95. The normalized spacial score (nSPS) is 13.9. The monoisotopic (exact) mass is 481 g/mol. The fraction of sp³-hybridized carbons (Fsp3) is 0.276. The minimum Gasteiger partial charge on any atom is -0.470 e. The van der Waals surface area contributed by atoms with E-state index in [4.69, 9.17) is 14.0 Å². The van der Waals surface area contributed by atoms with E-state index in [0.29, 0.717) is 37.6 Å². The number of amides is 1. The second-order valence-corrected chi connectivity index (χ2v) is 8.95. The van der Waals surface area contributed by atoms with Crippen LogP contribution in [0.2, 0.25) is 0 Å². The van der Waals surface area contributed by atoms with Gasteiger partial charge in [0.1, 0.15) is 18.4 Å². The van der Waals surface area contributed by atoms with Crippen molar-refractivity contribution in [2.24, 2.45) is 0 Å². The molecule has 3 aromatic carbocycles. The number of rotatable bonds is 6. The molecule has 0 atom stereocenters. The Balaban J connectivity index is 1.47. The molecule has 4 aromatic rings. The SMILES string of the molecule is COC(=O)N1CCC(c2onc(OCc3ccccc3)c2Cc2ccc3ccccc3c2C#N)CC1. The van der Waals surface area contributed by atoms with Crippen molar-refractivity contribution in [3.05, 3.63) is 94.7 Å². The summed E-state index contributed by atoms with van der Waals surface area (Å²) >= 11 is 0. The molecule has 1 fully saturated rings. The predicted molar refractivity (Wildman–Crippen MR) is 135 cm³/mol. The van der Waals surface area contributed by atoms with Crippen molar-refractivity contribution in [3.8, 4) is 11.9 Å². The number of nitrogens with zero attached hydrogens (tertiary/aromatic N) is 3. The topological polar surface area (TPSA) is 88.6 Å². The second kappa shape index (κ2) is 10.5. The highest BCUT2D eigenvalue weighted by atomic mass is 16.5. The summed E-state index contributed by atoms with van der Waals surface area (Å²) in [5.74, 6) is 1.30. The van der Waals surface area contributed by atoms with Crippen molar-refractivity contribution in [1.82, 2.24) is 10.1 Å². The molecule has 36 heavy (non-hydrogen) atoms. The standard InChI is InChI=1S/C29H27N3O4/c1-34-29(33)32-15-13-22(14-16-32)27-25(28(31-36-27)35-19-20-7-3-2-4-8-20)17-23-12-11-21-9-5-6-10-24(21)26(23)18-30/h2-12,22H,13-17,19H2,1H3. The van der Waals surface area contributed by atoms with Gasteiger partial charge >= 0.3 is 6.09 Å². The number of benzene rings is 3. The molecule has 0 N–H and O–H groups in total. The third-order valence-corrected chi connectivity index (χ3v) is 6.79. The van der Waals surface area contributed by atoms with Gasteiger partial charge in [-0.05, 0) is 39.9 Å². The Hall–Kier alpha value is -4.31. The van der Waals surface area contributed by atoms with Gasteiger partial charge < -0.3 is 18.9 Å². The molecule has 0 spiro atoms. The highest BCUT2D eigenvalue weighted by molar-refractivity contribution is 5.89. The minimum absolute atomic E-state index is 0.0912. The number of likely N-dealkylation sites (tertiary alicyclic amines) is 1. The largest absolute Gasteiger partial charge is 0.470 e. The molecule has 0 unspecified atom stereocenters. The van der Waals surface area contributed by atoms with Gasteiger partial charge in [0.15, 0.2) is 0 Å². The maximum absolute atomic E-state index is 11.9. The predicted octanol–water partition coefficient (Wildman–Crippen LogP) is 5.82. The summed E-state index contributed by atoms with van der Waals surface area (Å²) in [4.78, 5) is 13.6. The lowest BCUT2D eigenvalue weighted by Crippen LogP contribution is -2.37. The Bertz CT molecular complexity index is 1400. The van der Waals surface area contributed by atoms with E-state index in [1.165, 1.54) is 7.11 Å². The summed E-state index contributed by atoms with van der Waals surface area (Å²) < 4.78 is 16.9. The smallest absolute Gasteiger partial charge is 0.409 e. The summed E-state index contributed by atoms with van der Waals surface area (Å²) in [6, 6.07) is 24.2. The number of hydrogen-bond acceptors (Lipinski definition) is 6. The van der Waals surface area contributed by atoms with Crippen molar-refractivity contribution >= 4 is 16.9 Å². The van der Waals surface area contributed by atoms with Crippen LogP contribution in [0.4, 0.5) is 4.79 Å². The highest BCUT2D eigenvalue weighted by Gasteiger charge is 2.31. The number of piperidine rings is 1. The molecule has 2 heterocycles. The van der Waals surface area contributed by atoms with Gasteiger partial charge in [-0.3, -0.25) is 0 Å². The molecule has 5 rings (SSSR count). The van der Waals surface area contributed by atoms with Crippen molar-refractivity contribution in [3.63, 3.8) is 0 Å². The van der Waals surface area contributed by atoms with Crippen LogP contribution in [0.1, 0.15) is 46.8 Å². The van der Waals surface area contributed by atoms with Crippen LogP contribution in [0.3, 0.4) is 0 Å². The van der Waals surface area contributed by atoms with E-state index < -0.39 is 0 Å². The molecule has 7 heteroatoms. The Labute approximate surface area is 209 Å². The van der Waals surface area contributed by atoms with Gasteiger partial charge in [0, 0.05) is 25.4 Å². The van der Waals surface area contributed by atoms with Crippen LogP contribution in [0.5, 0.6) is 5.88 Å². The molecule has 1 saturated heterocycles. The third kappa shape index (κ3) is 4.76. The number of carbonyl (C=O) groups excluding carboxylic acids is 1. The molecule has 1 amide bonds. The van der Waals surface area contributed by atoms with Crippen LogP contribution in [-0.2, 0) is 17.8 Å². The number of fused-ring (bicyclic) bond motifs is 1. The van der Waals surface area contributed by atoms with Crippen LogP contribution < -0.4 is 4.74 Å². The van der Waals surface area contributed by atoms with E-state index in [1.807, 2.05) is 66.7 Å². The summed E-state index contributed by atoms with van der Waals surface area (Å²) in [6.45, 7) is 1.53. The number of hydrogen-bond donors (Lipinski definition) is 0. The van der Waals surface area contributed by atoms with E-state index in [9.17, 15) is 10.1 Å². The maximum atomic E-state index is 11.9. The quantitative estimate of drug-likeness (QED) is 0.345. The molecule has 7 nitrogen and oxygen atoms in total. The fourth-order valence-electron chi connectivity index (χ4n) is 4.87. The number of aromatic nitrogens is 1. The average Bonchev–Trinajstić information content (AvgIpc) is 3.34. The van der Waals surface area contributed by atoms with Crippen molar-refractivity contribution in [2.45, 2.75) is 31.8 Å². The van der Waals surface area contributed by atoms with Crippen molar-refractivity contribution in [2.75, 3.05) is 20.2 Å². The van der Waals surface area contributed by atoms with E-state index in [0.717, 1.165) is 46.1 Å². The van der Waals surface area contributed by atoms with Gasteiger partial charge in [0.25, 0.3) is 5.88 Å². The van der Waals surface area contributed by atoms with Crippen LogP contribution in [0.25, 0.3) is 10.8 Å². The molecule has 182 valence electrons. The van der Waals surface area contributed by atoms with Crippen LogP contribution >= 0.6 is 0 Å². The van der Waals surface area contributed by atoms with Gasteiger partial charge in [0.2, 0.25) is 0 Å². The summed E-state index contributed by atoms with van der Waals surface area (Å²) in [5.41, 5.74) is 3.43. The molecule has 1 aromatic heterocycles. The first kappa shape index (κ1) is 23.4. The van der Waals surface area contributed by atoms with Gasteiger partial charge in [0.05, 0.1) is 18.2 Å². The third-order valence-electron chi connectivity index (χ3n) is 6.79. The van der Waals surface area contributed by atoms with Gasteiger partial charge in [-0.2, -0.15) is 5.26 Å². The summed E-state index contributed by atoms with van der Waals surface area (Å²) in [5, 5.41) is 16.3. The fourth-order valence-corrected chi connectivity index (χ4v) is 4.87. The average molecular weight is 482 g/mol. The van der Waals surface area contributed by atoms with Crippen molar-refractivity contribution in [1.29, 1.82) is 5.26 Å². The molecule has 0 radical (unpaired) electrons. The van der Waals surface area contributed by atoms with Crippen LogP contribution in [0, 0.1) is 11.3 Å². The number of methoxy groups -OCH3 is 1. The lowest BCUT2D eigenvalue weighted by Gasteiger charge is -2.30. The lowest BCUT2D eigenvalue weighted by molar-refractivity contribution is 0.110. The lowest BCUT2D eigenvalue weighted by atomic mass is 9.89. The molecule has 1 aliphatic rings. The minimum atomic E-state index is -0.312. The van der Waals surface area contributed by atoms with Gasteiger partial charge in [-0.25, -0.2) is 4.79 Å². The van der Waals surface area contributed by atoms with E-state index >= 15 is 0 Å².